The highest BCUT2D eigenvalue weighted by Crippen LogP contribution is 2.22. The topological polar surface area (TPSA) is 118 Å². The number of aryl methyl sites for hydroxylation is 2. The molecule has 0 saturated heterocycles. The van der Waals surface area contributed by atoms with Crippen LogP contribution in [0.25, 0.3) is 5.69 Å². The van der Waals surface area contributed by atoms with Gasteiger partial charge in [-0.2, -0.15) is 10.4 Å². The zero-order valence-corrected chi connectivity index (χ0v) is 19.2. The molecule has 1 aromatic heterocycles. The third kappa shape index (κ3) is 6.10. The van der Waals surface area contributed by atoms with Crippen LogP contribution >= 0.6 is 24.0 Å². The number of guanidine groups is 1. The predicted octanol–water partition coefficient (Wildman–Crippen LogP) is 3.42. The van der Waals surface area contributed by atoms with Gasteiger partial charge in [0, 0.05) is 12.6 Å². The average molecular weight is 507 g/mol. The lowest BCUT2D eigenvalue weighted by Gasteiger charge is -2.23. The van der Waals surface area contributed by atoms with E-state index in [2.05, 4.69) is 21.5 Å². The zero-order chi connectivity index (χ0) is 19.9. The lowest BCUT2D eigenvalue weighted by atomic mass is 9.96. The molecule has 0 aliphatic heterocycles. The molecule has 0 spiro atoms. The lowest BCUT2D eigenvalue weighted by Crippen LogP contribution is -2.41. The molecule has 0 bridgehead atoms. The number of hydrogen-bond acceptors (Lipinski definition) is 4. The van der Waals surface area contributed by atoms with Crippen LogP contribution < -0.4 is 16.8 Å². The van der Waals surface area contributed by atoms with Crippen LogP contribution in [0.5, 0.6) is 0 Å². The molecule has 1 aromatic carbocycles. The summed E-state index contributed by atoms with van der Waals surface area (Å²) >= 11 is 0. The number of anilines is 1. The Bertz CT molecular complexity index is 858. The smallest absolute Gasteiger partial charge is 0.188 e. The van der Waals surface area contributed by atoms with E-state index in [1.807, 2.05) is 31.2 Å². The van der Waals surface area contributed by atoms with Gasteiger partial charge in [0.2, 0.25) is 0 Å². The fourth-order valence-corrected chi connectivity index (χ4v) is 3.61. The normalized spacial score (nSPS) is 14.8. The maximum atomic E-state index is 9.49. The van der Waals surface area contributed by atoms with E-state index in [4.69, 9.17) is 11.5 Å². The van der Waals surface area contributed by atoms with Crippen molar-refractivity contribution in [3.63, 3.8) is 0 Å². The van der Waals surface area contributed by atoms with Gasteiger partial charge in [0.25, 0.3) is 0 Å². The standard InChI is InChI=1S/C21H29N7.HI/c1-15-9-11-17(12-10-15)28-20(23)18(14-22)19(27-28)8-5-13-25-21(24)26-16-6-3-2-4-7-16;/h9-12,16H,2-8,13,23H2,1H3,(H3,24,25,26);1H. The average Bonchev–Trinajstić information content (AvgIpc) is 3.02. The molecule has 7 nitrogen and oxygen atoms in total. The summed E-state index contributed by atoms with van der Waals surface area (Å²) in [6.07, 6.45) is 7.54. The van der Waals surface area contributed by atoms with Gasteiger partial charge < -0.3 is 16.8 Å². The van der Waals surface area contributed by atoms with Crippen molar-refractivity contribution in [2.45, 2.75) is 57.9 Å². The second-order valence-electron chi connectivity index (χ2n) is 7.42. The van der Waals surface area contributed by atoms with Crippen LogP contribution in [0.4, 0.5) is 5.82 Å². The summed E-state index contributed by atoms with van der Waals surface area (Å²) in [7, 11) is 0. The van der Waals surface area contributed by atoms with E-state index in [0.717, 1.165) is 30.5 Å². The van der Waals surface area contributed by atoms with Crippen LogP contribution in [0.2, 0.25) is 0 Å². The van der Waals surface area contributed by atoms with Crippen LogP contribution in [-0.4, -0.2) is 28.3 Å². The Balaban J connectivity index is 0.00000300. The number of hydrogen-bond donors (Lipinski definition) is 3. The van der Waals surface area contributed by atoms with Gasteiger partial charge in [-0.05, 0) is 44.7 Å². The molecule has 8 heteroatoms. The third-order valence-corrected chi connectivity index (χ3v) is 5.19. The molecule has 3 rings (SSSR count). The number of nitrogens with zero attached hydrogens (tertiary/aromatic N) is 4. The number of halogens is 1. The number of benzene rings is 1. The van der Waals surface area contributed by atoms with Crippen LogP contribution in [0.3, 0.4) is 0 Å². The van der Waals surface area contributed by atoms with Gasteiger partial charge >= 0.3 is 0 Å². The highest BCUT2D eigenvalue weighted by molar-refractivity contribution is 14.0. The Morgan fingerprint density at radius 1 is 1.28 bits per heavy atom. The highest BCUT2D eigenvalue weighted by atomic mass is 127. The molecule has 1 fully saturated rings. The summed E-state index contributed by atoms with van der Waals surface area (Å²) in [5, 5.41) is 17.4. The molecule has 0 radical (unpaired) electrons. The molecule has 1 heterocycles. The van der Waals surface area contributed by atoms with Gasteiger partial charge in [-0.15, -0.1) is 24.0 Å². The minimum absolute atomic E-state index is 0. The van der Waals surface area contributed by atoms with Crippen molar-refractivity contribution in [2.75, 3.05) is 12.3 Å². The largest absolute Gasteiger partial charge is 0.382 e. The first kappa shape index (κ1) is 23.0. The molecule has 1 aliphatic carbocycles. The number of nitrogens with two attached hydrogens (primary N) is 2. The van der Waals surface area contributed by atoms with E-state index in [1.54, 1.807) is 4.68 Å². The number of nitrogen functional groups attached to an aromatic ring is 1. The fourth-order valence-electron chi connectivity index (χ4n) is 3.61. The minimum Gasteiger partial charge on any atom is -0.382 e. The van der Waals surface area contributed by atoms with Crippen molar-refractivity contribution in [2.24, 2.45) is 10.7 Å². The van der Waals surface area contributed by atoms with E-state index in [9.17, 15) is 5.26 Å². The van der Waals surface area contributed by atoms with Gasteiger partial charge in [-0.25, -0.2) is 4.68 Å². The van der Waals surface area contributed by atoms with Gasteiger partial charge in [0.1, 0.15) is 17.5 Å². The summed E-state index contributed by atoms with van der Waals surface area (Å²) in [5.41, 5.74) is 15.3. The molecule has 0 atom stereocenters. The van der Waals surface area contributed by atoms with Crippen LogP contribution in [-0.2, 0) is 6.42 Å². The van der Waals surface area contributed by atoms with Gasteiger partial charge in [0.15, 0.2) is 5.96 Å². The second kappa shape index (κ2) is 11.0. The zero-order valence-electron chi connectivity index (χ0n) is 16.9. The summed E-state index contributed by atoms with van der Waals surface area (Å²) < 4.78 is 1.63. The quantitative estimate of drug-likeness (QED) is 0.240. The molecule has 1 aliphatic rings. The molecular weight excluding hydrogens is 477 g/mol. The van der Waals surface area contributed by atoms with Crippen molar-refractivity contribution in [3.8, 4) is 11.8 Å². The van der Waals surface area contributed by atoms with Gasteiger partial charge in [-0.3, -0.25) is 4.99 Å². The Kier molecular flexibility index (Phi) is 8.76. The molecule has 0 amide bonds. The Morgan fingerprint density at radius 2 is 1.97 bits per heavy atom. The van der Waals surface area contributed by atoms with E-state index in [0.29, 0.717) is 42.0 Å². The van der Waals surface area contributed by atoms with E-state index in [1.165, 1.54) is 19.3 Å². The number of aliphatic imine (C=N–C) groups is 1. The van der Waals surface area contributed by atoms with Crippen LogP contribution in [0, 0.1) is 18.3 Å². The Labute approximate surface area is 189 Å². The highest BCUT2D eigenvalue weighted by Gasteiger charge is 2.16. The van der Waals surface area contributed by atoms with Crippen LogP contribution in [0.1, 0.15) is 55.3 Å². The first-order valence-corrected chi connectivity index (χ1v) is 9.99. The maximum absolute atomic E-state index is 9.49. The molecule has 2 aromatic rings. The molecule has 5 N–H and O–H groups in total. The Morgan fingerprint density at radius 3 is 2.62 bits per heavy atom. The van der Waals surface area contributed by atoms with Crippen molar-refractivity contribution >= 4 is 35.8 Å². The van der Waals surface area contributed by atoms with Gasteiger partial charge in [0.05, 0.1) is 11.4 Å². The third-order valence-electron chi connectivity index (χ3n) is 5.19. The van der Waals surface area contributed by atoms with Gasteiger partial charge in [-0.1, -0.05) is 37.0 Å². The molecular formula is C21H30IN7. The first-order chi connectivity index (χ1) is 13.6. The number of aromatic nitrogens is 2. The van der Waals surface area contributed by atoms with Crippen molar-refractivity contribution in [1.29, 1.82) is 5.26 Å². The van der Waals surface area contributed by atoms with E-state index in [-0.39, 0.29) is 24.0 Å². The van der Waals surface area contributed by atoms with Crippen molar-refractivity contribution in [1.82, 2.24) is 15.1 Å². The van der Waals surface area contributed by atoms with Crippen molar-refractivity contribution < 1.29 is 0 Å². The Hall–Kier alpha value is -2.28. The number of nitrogens with one attached hydrogen (secondary N) is 1. The summed E-state index contributed by atoms with van der Waals surface area (Å²) in [6.45, 7) is 2.62. The molecule has 156 valence electrons. The number of rotatable bonds is 6. The molecule has 0 unspecified atom stereocenters. The summed E-state index contributed by atoms with van der Waals surface area (Å²) in [5.74, 6) is 0.889. The summed E-state index contributed by atoms with van der Waals surface area (Å²) in [4.78, 5) is 4.42. The first-order valence-electron chi connectivity index (χ1n) is 9.99. The predicted molar refractivity (Wildman–Crippen MR) is 128 cm³/mol. The summed E-state index contributed by atoms with van der Waals surface area (Å²) in [6, 6.07) is 10.5. The van der Waals surface area contributed by atoms with E-state index < -0.39 is 0 Å². The number of nitriles is 1. The minimum atomic E-state index is 0. The monoisotopic (exact) mass is 507 g/mol. The van der Waals surface area contributed by atoms with Crippen LogP contribution in [0.15, 0.2) is 29.3 Å². The van der Waals surface area contributed by atoms with E-state index >= 15 is 0 Å². The SMILES string of the molecule is Cc1ccc(-n2nc(CCCN=C(N)NC3CCCCC3)c(C#N)c2N)cc1.I. The molecule has 29 heavy (non-hydrogen) atoms. The maximum Gasteiger partial charge on any atom is 0.188 e. The lowest BCUT2D eigenvalue weighted by molar-refractivity contribution is 0.412. The van der Waals surface area contributed by atoms with Crippen molar-refractivity contribution in [3.05, 3.63) is 41.1 Å². The fraction of sp³-hybridized carbons (Fsp3) is 0.476. The molecule has 1 saturated carbocycles. The second-order valence-corrected chi connectivity index (χ2v) is 7.42.